The highest BCUT2D eigenvalue weighted by Gasteiger charge is 2.56. The van der Waals surface area contributed by atoms with E-state index >= 15 is 0 Å². The van der Waals surface area contributed by atoms with Gasteiger partial charge in [-0.1, -0.05) is 84.3 Å². The molecular formula is C29H49P. The summed E-state index contributed by atoms with van der Waals surface area (Å²) in [5.41, 5.74) is 9.13. The summed E-state index contributed by atoms with van der Waals surface area (Å²) in [6, 6.07) is 0. The lowest BCUT2D eigenvalue weighted by molar-refractivity contribution is 0.166. The van der Waals surface area contributed by atoms with Gasteiger partial charge in [0.2, 0.25) is 0 Å². The third kappa shape index (κ3) is 3.70. The van der Waals surface area contributed by atoms with Crippen LogP contribution in [0.25, 0.3) is 0 Å². The lowest BCUT2D eigenvalue weighted by atomic mass is 9.60. The summed E-state index contributed by atoms with van der Waals surface area (Å²) in [5.74, 6) is 0.862. The number of hydrogen-bond donors (Lipinski definition) is 0. The van der Waals surface area contributed by atoms with E-state index in [1.807, 2.05) is 0 Å². The summed E-state index contributed by atoms with van der Waals surface area (Å²) in [4.78, 5) is 0. The maximum atomic E-state index is 2.83. The summed E-state index contributed by atoms with van der Waals surface area (Å²) >= 11 is 0. The molecule has 0 bridgehead atoms. The molecule has 0 aromatic rings. The van der Waals surface area contributed by atoms with Crippen molar-refractivity contribution in [3.05, 3.63) is 22.3 Å². The first kappa shape index (κ1) is 23.1. The van der Waals surface area contributed by atoms with Crippen molar-refractivity contribution in [1.82, 2.24) is 0 Å². The zero-order valence-corrected chi connectivity index (χ0v) is 22.0. The zero-order valence-electron chi connectivity index (χ0n) is 21.1. The molecule has 4 aliphatic carbocycles. The number of allylic oxidation sites excluding steroid dienone is 4. The molecule has 3 saturated carbocycles. The van der Waals surface area contributed by atoms with Crippen LogP contribution in [0.4, 0.5) is 0 Å². The molecule has 2 atom stereocenters. The molecule has 0 heterocycles. The molecule has 0 aliphatic heterocycles. The fourth-order valence-corrected chi connectivity index (χ4v) is 13.8. The van der Waals surface area contributed by atoms with E-state index in [0.717, 1.165) is 17.2 Å². The van der Waals surface area contributed by atoms with Crippen LogP contribution in [-0.2, 0) is 0 Å². The highest BCUT2D eigenvalue weighted by molar-refractivity contribution is 7.60. The summed E-state index contributed by atoms with van der Waals surface area (Å²) in [6.45, 7) is 15.3. The van der Waals surface area contributed by atoms with Gasteiger partial charge in [-0.3, -0.25) is 0 Å². The Bertz CT molecular complexity index is 643. The average molecular weight is 429 g/mol. The molecule has 30 heavy (non-hydrogen) atoms. The van der Waals surface area contributed by atoms with Crippen molar-refractivity contribution >= 4 is 7.92 Å². The number of rotatable bonds is 4. The molecule has 0 spiro atoms. The Morgan fingerprint density at radius 3 is 1.50 bits per heavy atom. The lowest BCUT2D eigenvalue weighted by Gasteiger charge is -2.59. The summed E-state index contributed by atoms with van der Waals surface area (Å²) in [7, 11) is 0.104. The summed E-state index contributed by atoms with van der Waals surface area (Å²) in [5, 5.41) is 0.583. The minimum atomic E-state index is 0.104. The van der Waals surface area contributed by atoms with Crippen molar-refractivity contribution in [1.29, 1.82) is 0 Å². The van der Waals surface area contributed by atoms with Gasteiger partial charge in [-0.15, -0.1) is 0 Å². The molecular weight excluding hydrogens is 379 g/mol. The van der Waals surface area contributed by atoms with Crippen molar-refractivity contribution in [2.75, 3.05) is 0 Å². The smallest absolute Gasteiger partial charge is 0.0135 e. The molecule has 0 aromatic carbocycles. The first-order chi connectivity index (χ1) is 14.3. The van der Waals surface area contributed by atoms with Crippen molar-refractivity contribution in [3.63, 3.8) is 0 Å². The first-order valence-corrected chi connectivity index (χ1v) is 14.9. The molecule has 3 fully saturated rings. The molecule has 1 heteroatoms. The third-order valence-corrected chi connectivity index (χ3v) is 15.0. The second-order valence-corrected chi connectivity index (χ2v) is 15.1. The topological polar surface area (TPSA) is 0 Å². The van der Waals surface area contributed by atoms with Gasteiger partial charge in [0, 0.05) is 5.41 Å². The van der Waals surface area contributed by atoms with Gasteiger partial charge >= 0.3 is 0 Å². The Balaban J connectivity index is 1.77. The fourth-order valence-electron chi connectivity index (χ4n) is 8.53. The van der Waals surface area contributed by atoms with Crippen molar-refractivity contribution in [2.45, 2.75) is 148 Å². The molecule has 0 radical (unpaired) electrons. The second kappa shape index (κ2) is 9.04. The lowest BCUT2D eigenvalue weighted by Crippen LogP contribution is -2.49. The van der Waals surface area contributed by atoms with Crippen LogP contribution < -0.4 is 0 Å². The minimum absolute atomic E-state index is 0.104. The van der Waals surface area contributed by atoms with E-state index in [1.54, 1.807) is 48.0 Å². The third-order valence-electron chi connectivity index (χ3n) is 10.6. The van der Waals surface area contributed by atoms with Gasteiger partial charge in [-0.05, 0) is 99.8 Å². The van der Waals surface area contributed by atoms with Crippen LogP contribution in [0.15, 0.2) is 22.3 Å². The van der Waals surface area contributed by atoms with Gasteiger partial charge < -0.3 is 0 Å². The van der Waals surface area contributed by atoms with Crippen LogP contribution in [0.5, 0.6) is 0 Å². The molecule has 0 saturated heterocycles. The molecule has 0 N–H and O–H groups in total. The molecule has 0 nitrogen and oxygen atoms in total. The van der Waals surface area contributed by atoms with E-state index in [0.29, 0.717) is 10.6 Å². The highest BCUT2D eigenvalue weighted by atomic mass is 31.1. The van der Waals surface area contributed by atoms with Gasteiger partial charge in [0.1, 0.15) is 0 Å². The summed E-state index contributed by atoms with van der Waals surface area (Å²) in [6.07, 6.45) is 21.3. The van der Waals surface area contributed by atoms with Gasteiger partial charge in [-0.25, -0.2) is 0 Å². The standard InChI is InChI=1S/C29H49P/c1-21-22(2)24(4)29(6,23(21)3)27-19-13-14-20-28(27,5)30(25-15-9-7-10-16-25)26-17-11-8-12-18-26/h25-27H,7-20H2,1-6H3. The Kier molecular flexibility index (Phi) is 6.96. The van der Waals surface area contributed by atoms with Crippen molar-refractivity contribution < 1.29 is 0 Å². The Labute approximate surface area is 189 Å². The van der Waals surface area contributed by atoms with Crippen molar-refractivity contribution in [3.8, 4) is 0 Å². The van der Waals surface area contributed by atoms with Crippen LogP contribution >= 0.6 is 7.92 Å². The van der Waals surface area contributed by atoms with E-state index in [1.165, 1.54) is 64.2 Å². The monoisotopic (exact) mass is 428 g/mol. The molecule has 0 amide bonds. The van der Waals surface area contributed by atoms with E-state index in [-0.39, 0.29) is 7.92 Å². The minimum Gasteiger partial charge on any atom is -0.0939 e. The predicted octanol–water partition coefficient (Wildman–Crippen LogP) is 9.78. The van der Waals surface area contributed by atoms with Crippen LogP contribution in [0.3, 0.4) is 0 Å². The van der Waals surface area contributed by atoms with Gasteiger partial charge in [0.25, 0.3) is 0 Å². The SMILES string of the molecule is CC1=C(C)C(C)(C2CCCCC2(C)P(C2CCCCC2)C2CCCCC2)C(C)=C1C. The number of hydrogen-bond acceptors (Lipinski definition) is 0. The van der Waals surface area contributed by atoms with Crippen molar-refractivity contribution in [2.24, 2.45) is 11.3 Å². The highest BCUT2D eigenvalue weighted by Crippen LogP contribution is 2.72. The fraction of sp³-hybridized carbons (Fsp3) is 0.862. The Hall–Kier alpha value is -0.0900. The molecule has 4 rings (SSSR count). The molecule has 0 aromatic heterocycles. The Morgan fingerprint density at radius 2 is 1.03 bits per heavy atom. The van der Waals surface area contributed by atoms with Crippen LogP contribution in [0.2, 0.25) is 0 Å². The van der Waals surface area contributed by atoms with Crippen LogP contribution in [-0.4, -0.2) is 16.5 Å². The van der Waals surface area contributed by atoms with Crippen LogP contribution in [0, 0.1) is 11.3 Å². The van der Waals surface area contributed by atoms with E-state index in [2.05, 4.69) is 41.5 Å². The summed E-state index contributed by atoms with van der Waals surface area (Å²) < 4.78 is 0. The maximum absolute atomic E-state index is 2.83. The Morgan fingerprint density at radius 1 is 0.600 bits per heavy atom. The first-order valence-electron chi connectivity index (χ1n) is 13.5. The molecule has 2 unspecified atom stereocenters. The molecule has 4 aliphatic rings. The van der Waals surface area contributed by atoms with Gasteiger partial charge in [0.05, 0.1) is 0 Å². The van der Waals surface area contributed by atoms with E-state index in [9.17, 15) is 0 Å². The average Bonchev–Trinajstić information content (AvgIpc) is 2.91. The second-order valence-electron chi connectivity index (χ2n) is 11.8. The van der Waals surface area contributed by atoms with Gasteiger partial charge in [0.15, 0.2) is 0 Å². The predicted molar refractivity (Wildman–Crippen MR) is 136 cm³/mol. The van der Waals surface area contributed by atoms with Crippen LogP contribution in [0.1, 0.15) is 131 Å². The maximum Gasteiger partial charge on any atom is 0.0135 e. The van der Waals surface area contributed by atoms with Gasteiger partial charge in [-0.2, -0.15) is 0 Å². The van der Waals surface area contributed by atoms with E-state index < -0.39 is 0 Å². The van der Waals surface area contributed by atoms with E-state index in [4.69, 9.17) is 0 Å². The normalized spacial score (nSPS) is 34.3. The zero-order chi connectivity index (χ0) is 21.5. The largest absolute Gasteiger partial charge is 0.0939 e. The quantitative estimate of drug-likeness (QED) is 0.391. The molecule has 170 valence electrons.